The molecule has 2 unspecified atom stereocenters. The maximum Gasteiger partial charge on any atom is 0.337 e. The molecular formula is C19H22O8. The number of carboxylic acid groups (broad SMARTS) is 2. The average Bonchev–Trinajstić information content (AvgIpc) is 2.61. The van der Waals surface area contributed by atoms with Crippen LogP contribution in [0.15, 0.2) is 33.5 Å². The summed E-state index contributed by atoms with van der Waals surface area (Å²) in [6.45, 7) is 4.08. The fraction of sp³-hybridized carbons (Fsp3) is 0.421. The van der Waals surface area contributed by atoms with Crippen LogP contribution in [0.25, 0.3) is 11.0 Å². The highest BCUT2D eigenvalue weighted by atomic mass is 16.5. The molecule has 0 bridgehead atoms. The van der Waals surface area contributed by atoms with Gasteiger partial charge in [0.1, 0.15) is 5.58 Å². The minimum Gasteiger partial charge on any atom is -0.479 e. The SMILES string of the molecule is CCCOC(C(=O)O)c1cc(C(OCCC)C(=O)O)c2ccc(=O)oc2c1. The van der Waals surface area contributed by atoms with Crippen molar-refractivity contribution in [3.63, 3.8) is 0 Å². The standard InChI is InChI=1S/C19H22O8/c1-3-7-25-16(18(21)22)11-9-13(17(19(23)24)26-8-4-2)12-5-6-15(20)27-14(12)10-11/h5-6,9-10,16-17H,3-4,7-8H2,1-2H3,(H,21,22)(H,23,24). The van der Waals surface area contributed by atoms with Crippen LogP contribution in [-0.4, -0.2) is 35.4 Å². The number of hydrogen-bond donors (Lipinski definition) is 2. The van der Waals surface area contributed by atoms with Crippen molar-refractivity contribution >= 4 is 22.9 Å². The van der Waals surface area contributed by atoms with Gasteiger partial charge in [-0.15, -0.1) is 0 Å². The second-order valence-corrected chi connectivity index (χ2v) is 5.95. The van der Waals surface area contributed by atoms with Gasteiger partial charge < -0.3 is 24.1 Å². The molecule has 1 aromatic heterocycles. The lowest BCUT2D eigenvalue weighted by molar-refractivity contribution is -0.151. The van der Waals surface area contributed by atoms with Crippen LogP contribution >= 0.6 is 0 Å². The zero-order chi connectivity index (χ0) is 20.0. The van der Waals surface area contributed by atoms with Crippen molar-refractivity contribution in [2.45, 2.75) is 38.9 Å². The number of hydrogen-bond acceptors (Lipinski definition) is 6. The second kappa shape index (κ2) is 9.29. The monoisotopic (exact) mass is 378 g/mol. The fourth-order valence-corrected chi connectivity index (χ4v) is 2.67. The second-order valence-electron chi connectivity index (χ2n) is 5.95. The molecule has 0 saturated heterocycles. The first-order chi connectivity index (χ1) is 12.9. The molecule has 27 heavy (non-hydrogen) atoms. The minimum absolute atomic E-state index is 0.0766. The van der Waals surface area contributed by atoms with E-state index < -0.39 is 29.8 Å². The lowest BCUT2D eigenvalue weighted by Gasteiger charge is -2.19. The number of fused-ring (bicyclic) bond motifs is 1. The van der Waals surface area contributed by atoms with E-state index in [-0.39, 0.29) is 29.9 Å². The molecule has 1 heterocycles. The molecular weight excluding hydrogens is 356 g/mol. The van der Waals surface area contributed by atoms with Gasteiger partial charge in [0.15, 0.2) is 12.2 Å². The van der Waals surface area contributed by atoms with Gasteiger partial charge >= 0.3 is 17.6 Å². The van der Waals surface area contributed by atoms with Crippen LogP contribution in [-0.2, 0) is 19.1 Å². The number of carboxylic acids is 2. The molecule has 0 radical (unpaired) electrons. The zero-order valence-electron chi connectivity index (χ0n) is 15.1. The average molecular weight is 378 g/mol. The Balaban J connectivity index is 2.67. The van der Waals surface area contributed by atoms with Crippen molar-refractivity contribution in [2.24, 2.45) is 0 Å². The third-order valence-electron chi connectivity index (χ3n) is 3.80. The Morgan fingerprint density at radius 1 is 1.00 bits per heavy atom. The van der Waals surface area contributed by atoms with E-state index in [4.69, 9.17) is 13.9 Å². The van der Waals surface area contributed by atoms with E-state index in [1.54, 1.807) is 0 Å². The van der Waals surface area contributed by atoms with Gasteiger partial charge in [-0.1, -0.05) is 13.8 Å². The third-order valence-corrected chi connectivity index (χ3v) is 3.80. The smallest absolute Gasteiger partial charge is 0.337 e. The number of rotatable bonds is 10. The Labute approximate surface area is 155 Å². The molecule has 0 aliphatic carbocycles. The van der Waals surface area contributed by atoms with Gasteiger partial charge in [-0.05, 0) is 36.6 Å². The van der Waals surface area contributed by atoms with Crippen LogP contribution in [0.3, 0.4) is 0 Å². The Bertz CT molecular complexity index is 870. The van der Waals surface area contributed by atoms with Crippen molar-refractivity contribution in [2.75, 3.05) is 13.2 Å². The fourth-order valence-electron chi connectivity index (χ4n) is 2.67. The van der Waals surface area contributed by atoms with E-state index >= 15 is 0 Å². The molecule has 2 aromatic rings. The molecule has 8 nitrogen and oxygen atoms in total. The van der Waals surface area contributed by atoms with Crippen LogP contribution in [0.4, 0.5) is 0 Å². The Morgan fingerprint density at radius 2 is 1.59 bits per heavy atom. The first kappa shape index (κ1) is 20.6. The lowest BCUT2D eigenvalue weighted by atomic mass is 9.97. The van der Waals surface area contributed by atoms with Crippen molar-refractivity contribution in [3.8, 4) is 0 Å². The minimum atomic E-state index is -1.33. The lowest BCUT2D eigenvalue weighted by Crippen LogP contribution is -2.19. The van der Waals surface area contributed by atoms with Crippen LogP contribution in [0.2, 0.25) is 0 Å². The molecule has 2 atom stereocenters. The number of aliphatic carboxylic acids is 2. The predicted molar refractivity (Wildman–Crippen MR) is 95.7 cm³/mol. The molecule has 0 aliphatic rings. The molecule has 0 saturated carbocycles. The summed E-state index contributed by atoms with van der Waals surface area (Å²) in [4.78, 5) is 35.0. The third kappa shape index (κ3) is 4.93. The molecule has 2 rings (SSSR count). The summed E-state index contributed by atoms with van der Waals surface area (Å²) in [6, 6.07) is 5.42. The van der Waals surface area contributed by atoms with Gasteiger partial charge in [0.2, 0.25) is 0 Å². The Morgan fingerprint density at radius 3 is 2.15 bits per heavy atom. The van der Waals surface area contributed by atoms with Crippen molar-refractivity contribution < 1.29 is 33.7 Å². The summed E-state index contributed by atoms with van der Waals surface area (Å²) in [7, 11) is 0. The predicted octanol–water partition coefficient (Wildman–Crippen LogP) is 2.90. The molecule has 8 heteroatoms. The summed E-state index contributed by atoms with van der Waals surface area (Å²) < 4.78 is 16.0. The van der Waals surface area contributed by atoms with Crippen molar-refractivity contribution in [1.29, 1.82) is 0 Å². The molecule has 1 aromatic carbocycles. The first-order valence-electron chi connectivity index (χ1n) is 8.65. The van der Waals surface area contributed by atoms with Crippen LogP contribution < -0.4 is 5.63 Å². The van der Waals surface area contributed by atoms with E-state index in [9.17, 15) is 24.6 Å². The maximum absolute atomic E-state index is 11.7. The number of ether oxygens (including phenoxy) is 2. The van der Waals surface area contributed by atoms with Gasteiger partial charge in [0, 0.05) is 30.2 Å². The summed E-state index contributed by atoms with van der Waals surface area (Å²) in [6.07, 6.45) is -1.44. The first-order valence-corrected chi connectivity index (χ1v) is 8.65. The van der Waals surface area contributed by atoms with Gasteiger partial charge in [-0.25, -0.2) is 14.4 Å². The van der Waals surface area contributed by atoms with Gasteiger partial charge in [0.25, 0.3) is 0 Å². The maximum atomic E-state index is 11.7. The quantitative estimate of drug-likeness (QED) is 0.605. The largest absolute Gasteiger partial charge is 0.479 e. The molecule has 146 valence electrons. The summed E-state index contributed by atoms with van der Waals surface area (Å²) in [5, 5.41) is 19.4. The Hall–Kier alpha value is -2.71. The zero-order valence-corrected chi connectivity index (χ0v) is 15.1. The highest BCUT2D eigenvalue weighted by Gasteiger charge is 2.28. The van der Waals surface area contributed by atoms with Crippen molar-refractivity contribution in [1.82, 2.24) is 0 Å². The summed E-state index contributed by atoms with van der Waals surface area (Å²) >= 11 is 0. The van der Waals surface area contributed by atoms with Crippen LogP contribution in [0, 0.1) is 0 Å². The number of benzene rings is 1. The van der Waals surface area contributed by atoms with E-state index in [1.807, 2.05) is 13.8 Å². The van der Waals surface area contributed by atoms with Gasteiger partial charge in [0.05, 0.1) is 0 Å². The van der Waals surface area contributed by atoms with E-state index in [1.165, 1.54) is 24.3 Å². The van der Waals surface area contributed by atoms with Crippen LogP contribution in [0.1, 0.15) is 50.0 Å². The normalized spacial score (nSPS) is 13.4. The van der Waals surface area contributed by atoms with Crippen molar-refractivity contribution in [3.05, 3.63) is 45.8 Å². The summed E-state index contributed by atoms with van der Waals surface area (Å²) in [5.41, 5.74) is -0.168. The molecule has 0 amide bonds. The topological polar surface area (TPSA) is 123 Å². The number of carbonyl (C=O) groups is 2. The van der Waals surface area contributed by atoms with E-state index in [2.05, 4.69) is 0 Å². The highest BCUT2D eigenvalue weighted by molar-refractivity contribution is 5.88. The molecule has 0 aliphatic heterocycles. The van der Waals surface area contributed by atoms with Crippen LogP contribution in [0.5, 0.6) is 0 Å². The van der Waals surface area contributed by atoms with Gasteiger partial charge in [-0.2, -0.15) is 0 Å². The van der Waals surface area contributed by atoms with E-state index in [0.29, 0.717) is 18.2 Å². The van der Waals surface area contributed by atoms with Gasteiger partial charge in [-0.3, -0.25) is 0 Å². The molecule has 2 N–H and O–H groups in total. The highest BCUT2D eigenvalue weighted by Crippen LogP contribution is 2.31. The van der Waals surface area contributed by atoms with E-state index in [0.717, 1.165) is 0 Å². The molecule has 0 fully saturated rings. The molecule has 0 spiro atoms. The summed E-state index contributed by atoms with van der Waals surface area (Å²) in [5.74, 6) is -2.46. The Kier molecular flexibility index (Phi) is 7.09.